The summed E-state index contributed by atoms with van der Waals surface area (Å²) in [5.74, 6) is 1.04. The number of rotatable bonds is 5. The minimum absolute atomic E-state index is 0.283. The number of allylic oxidation sites excluding steroid dienone is 2. The van der Waals surface area contributed by atoms with Gasteiger partial charge in [-0.15, -0.1) is 0 Å². The Balaban J connectivity index is 2.13. The number of hydrogen-bond donors (Lipinski definition) is 1. The summed E-state index contributed by atoms with van der Waals surface area (Å²) in [5, 5.41) is 8.97. The van der Waals surface area contributed by atoms with E-state index in [0.717, 1.165) is 18.8 Å². The van der Waals surface area contributed by atoms with Crippen LogP contribution in [0.15, 0.2) is 11.6 Å². The van der Waals surface area contributed by atoms with Crippen molar-refractivity contribution in [2.45, 2.75) is 79.6 Å². The van der Waals surface area contributed by atoms with Gasteiger partial charge in [-0.25, -0.2) is 0 Å². The van der Waals surface area contributed by atoms with Crippen LogP contribution in [0.2, 0.25) is 0 Å². The van der Waals surface area contributed by atoms with E-state index in [2.05, 4.69) is 40.7 Å². The maximum atomic E-state index is 10.9. The quantitative estimate of drug-likeness (QED) is 0.664. The van der Waals surface area contributed by atoms with E-state index in [1.54, 1.807) is 5.57 Å². The monoisotopic (exact) mass is 306 g/mol. The fourth-order valence-corrected chi connectivity index (χ4v) is 5.55. The van der Waals surface area contributed by atoms with Gasteiger partial charge in [0.1, 0.15) is 0 Å². The van der Waals surface area contributed by atoms with Crippen LogP contribution in [-0.4, -0.2) is 11.1 Å². The van der Waals surface area contributed by atoms with Gasteiger partial charge in [0, 0.05) is 6.42 Å². The number of carboxylic acids is 1. The molecule has 22 heavy (non-hydrogen) atoms. The van der Waals surface area contributed by atoms with Crippen LogP contribution in [0.25, 0.3) is 0 Å². The van der Waals surface area contributed by atoms with Crippen molar-refractivity contribution in [3.8, 4) is 0 Å². The highest BCUT2D eigenvalue weighted by Crippen LogP contribution is 2.60. The largest absolute Gasteiger partial charge is 0.481 e. The van der Waals surface area contributed by atoms with Crippen LogP contribution in [0, 0.1) is 28.6 Å². The van der Waals surface area contributed by atoms with Gasteiger partial charge in [-0.3, -0.25) is 4.79 Å². The van der Waals surface area contributed by atoms with Gasteiger partial charge in [0.15, 0.2) is 0 Å². The maximum absolute atomic E-state index is 10.9. The number of aliphatic carboxylic acids is 1. The molecule has 2 heteroatoms. The van der Waals surface area contributed by atoms with Crippen molar-refractivity contribution in [3.63, 3.8) is 0 Å². The van der Waals surface area contributed by atoms with E-state index >= 15 is 0 Å². The molecule has 0 aromatic rings. The second kappa shape index (κ2) is 6.37. The lowest BCUT2D eigenvalue weighted by Crippen LogP contribution is -2.48. The summed E-state index contributed by atoms with van der Waals surface area (Å²) in [6.07, 6.45) is 10.2. The van der Waals surface area contributed by atoms with Gasteiger partial charge >= 0.3 is 5.97 Å². The molecule has 0 spiro atoms. The molecule has 0 aromatic heterocycles. The number of carbonyl (C=O) groups is 1. The molecule has 0 bridgehead atoms. The molecule has 0 saturated heterocycles. The molecular formula is C20H34O2. The highest BCUT2D eigenvalue weighted by molar-refractivity contribution is 5.66. The maximum Gasteiger partial charge on any atom is 0.303 e. The second-order valence-corrected chi connectivity index (χ2v) is 8.92. The van der Waals surface area contributed by atoms with E-state index < -0.39 is 5.97 Å². The molecule has 4 atom stereocenters. The molecule has 0 aromatic carbocycles. The van der Waals surface area contributed by atoms with Crippen molar-refractivity contribution in [3.05, 3.63) is 11.6 Å². The Morgan fingerprint density at radius 2 is 2.05 bits per heavy atom. The average molecular weight is 306 g/mol. The SMILES string of the molecule is CC1=CC[C@H]2C(C)(C)CCC[C@]2(C)C1CCC(C)CC(=O)O. The summed E-state index contributed by atoms with van der Waals surface area (Å²) in [6, 6.07) is 0. The Bertz CT molecular complexity index is 449. The standard InChI is InChI=1S/C20H34O2/c1-14(13-18(21)22)7-9-16-15(2)8-10-17-19(3,4)11-6-12-20(16,17)5/h8,14,16-17H,6-7,9-13H2,1-5H3,(H,21,22)/t14?,16?,17-,20+/m0/s1. The Kier molecular flexibility index (Phi) is 5.09. The lowest BCUT2D eigenvalue weighted by atomic mass is 9.48. The number of hydrogen-bond acceptors (Lipinski definition) is 1. The third kappa shape index (κ3) is 3.41. The summed E-state index contributed by atoms with van der Waals surface area (Å²) in [6.45, 7) is 11.8. The summed E-state index contributed by atoms with van der Waals surface area (Å²) in [4.78, 5) is 10.9. The summed E-state index contributed by atoms with van der Waals surface area (Å²) >= 11 is 0. The number of fused-ring (bicyclic) bond motifs is 1. The fraction of sp³-hybridized carbons (Fsp3) is 0.850. The van der Waals surface area contributed by atoms with Crippen LogP contribution in [-0.2, 0) is 4.79 Å². The van der Waals surface area contributed by atoms with E-state index in [4.69, 9.17) is 5.11 Å². The minimum atomic E-state index is -0.661. The lowest BCUT2D eigenvalue weighted by molar-refractivity contribution is -0.138. The molecule has 2 nitrogen and oxygen atoms in total. The highest BCUT2D eigenvalue weighted by atomic mass is 16.4. The number of carboxylic acid groups (broad SMARTS) is 1. The predicted molar refractivity (Wildman–Crippen MR) is 91.7 cm³/mol. The predicted octanol–water partition coefficient (Wildman–Crippen LogP) is 5.68. The lowest BCUT2D eigenvalue weighted by Gasteiger charge is -2.57. The molecule has 1 fully saturated rings. The van der Waals surface area contributed by atoms with Crippen molar-refractivity contribution in [2.75, 3.05) is 0 Å². The van der Waals surface area contributed by atoms with Crippen molar-refractivity contribution < 1.29 is 9.90 Å². The van der Waals surface area contributed by atoms with Crippen LogP contribution in [0.5, 0.6) is 0 Å². The van der Waals surface area contributed by atoms with Gasteiger partial charge < -0.3 is 5.11 Å². The molecule has 1 saturated carbocycles. The third-order valence-corrected chi connectivity index (χ3v) is 6.77. The molecule has 0 amide bonds. The summed E-state index contributed by atoms with van der Waals surface area (Å²) < 4.78 is 0. The molecule has 126 valence electrons. The zero-order chi connectivity index (χ0) is 16.5. The van der Waals surface area contributed by atoms with Crippen LogP contribution < -0.4 is 0 Å². The van der Waals surface area contributed by atoms with Crippen molar-refractivity contribution in [1.82, 2.24) is 0 Å². The molecule has 2 rings (SSSR count). The van der Waals surface area contributed by atoms with Crippen LogP contribution >= 0.6 is 0 Å². The Hall–Kier alpha value is -0.790. The van der Waals surface area contributed by atoms with Gasteiger partial charge in [0.2, 0.25) is 0 Å². The Morgan fingerprint density at radius 1 is 1.36 bits per heavy atom. The van der Waals surface area contributed by atoms with Crippen LogP contribution in [0.1, 0.15) is 79.6 Å². The minimum Gasteiger partial charge on any atom is -0.481 e. The first-order valence-electron chi connectivity index (χ1n) is 9.05. The first-order chi connectivity index (χ1) is 10.2. The summed E-state index contributed by atoms with van der Waals surface area (Å²) in [7, 11) is 0. The molecule has 0 radical (unpaired) electrons. The fourth-order valence-electron chi connectivity index (χ4n) is 5.55. The third-order valence-electron chi connectivity index (χ3n) is 6.77. The van der Waals surface area contributed by atoms with Crippen molar-refractivity contribution >= 4 is 5.97 Å². The van der Waals surface area contributed by atoms with E-state index in [1.165, 1.54) is 25.7 Å². The summed E-state index contributed by atoms with van der Waals surface area (Å²) in [5.41, 5.74) is 2.40. The molecule has 2 aliphatic carbocycles. The van der Waals surface area contributed by atoms with E-state index in [9.17, 15) is 4.79 Å². The Morgan fingerprint density at radius 3 is 2.68 bits per heavy atom. The smallest absolute Gasteiger partial charge is 0.303 e. The normalized spacial score (nSPS) is 35.4. The Labute approximate surface area is 136 Å². The molecule has 2 aliphatic rings. The first-order valence-corrected chi connectivity index (χ1v) is 9.05. The molecule has 1 N–H and O–H groups in total. The van der Waals surface area contributed by atoms with Gasteiger partial charge in [0.05, 0.1) is 0 Å². The van der Waals surface area contributed by atoms with E-state index in [-0.39, 0.29) is 5.92 Å². The topological polar surface area (TPSA) is 37.3 Å². The molecule has 0 aliphatic heterocycles. The van der Waals surface area contributed by atoms with Crippen LogP contribution in [0.3, 0.4) is 0 Å². The zero-order valence-electron chi connectivity index (χ0n) is 15.1. The molecule has 2 unspecified atom stereocenters. The van der Waals surface area contributed by atoms with E-state index in [1.807, 2.05) is 0 Å². The van der Waals surface area contributed by atoms with Gasteiger partial charge in [0.25, 0.3) is 0 Å². The average Bonchev–Trinajstić information content (AvgIpc) is 2.35. The van der Waals surface area contributed by atoms with Gasteiger partial charge in [-0.05, 0) is 67.6 Å². The molecule has 0 heterocycles. The van der Waals surface area contributed by atoms with Gasteiger partial charge in [-0.2, -0.15) is 0 Å². The van der Waals surface area contributed by atoms with Crippen molar-refractivity contribution in [1.29, 1.82) is 0 Å². The molecular weight excluding hydrogens is 272 g/mol. The first kappa shape index (κ1) is 17.6. The van der Waals surface area contributed by atoms with Crippen LogP contribution in [0.4, 0.5) is 0 Å². The van der Waals surface area contributed by atoms with Gasteiger partial charge in [-0.1, -0.05) is 45.8 Å². The highest BCUT2D eigenvalue weighted by Gasteiger charge is 2.51. The van der Waals surface area contributed by atoms with E-state index in [0.29, 0.717) is 23.2 Å². The zero-order valence-corrected chi connectivity index (χ0v) is 15.1. The van der Waals surface area contributed by atoms with Crippen molar-refractivity contribution in [2.24, 2.45) is 28.6 Å². The second-order valence-electron chi connectivity index (χ2n) is 8.92.